The Morgan fingerprint density at radius 1 is 1.07 bits per heavy atom. The van der Waals surface area contributed by atoms with Crippen LogP contribution in [0.4, 0.5) is 5.69 Å². The Bertz CT molecular complexity index is 1110. The molecule has 2 unspecified atom stereocenters. The van der Waals surface area contributed by atoms with Gasteiger partial charge in [0.2, 0.25) is 18.2 Å². The highest BCUT2D eigenvalue weighted by atomic mass is 35.5. The molecule has 0 radical (unpaired) electrons. The molecule has 1 aromatic carbocycles. The minimum atomic E-state index is -1.05. The van der Waals surface area contributed by atoms with E-state index in [4.69, 9.17) is 37.8 Å². The molecule has 2 heterocycles. The summed E-state index contributed by atoms with van der Waals surface area (Å²) < 4.78 is 5.97. The molecule has 4 N–H and O–H groups in total. The highest BCUT2D eigenvalue weighted by Crippen LogP contribution is 2.48. The Balaban J connectivity index is 0.00000158. The van der Waals surface area contributed by atoms with Crippen molar-refractivity contribution in [3.05, 3.63) is 52.1 Å². The van der Waals surface area contributed by atoms with Gasteiger partial charge in [0.15, 0.2) is 11.9 Å². The first-order chi connectivity index (χ1) is 20.6. The van der Waals surface area contributed by atoms with E-state index in [1.807, 2.05) is 39.8 Å². The van der Waals surface area contributed by atoms with Crippen LogP contribution in [0.3, 0.4) is 0 Å². The van der Waals surface area contributed by atoms with Crippen LogP contribution in [0.1, 0.15) is 85.1 Å². The molecule has 2 amide bonds. The van der Waals surface area contributed by atoms with E-state index in [0.29, 0.717) is 34.6 Å². The van der Waals surface area contributed by atoms with Crippen molar-refractivity contribution in [1.82, 2.24) is 15.6 Å². The lowest BCUT2D eigenvalue weighted by atomic mass is 9.69. The number of aromatic nitrogens is 1. The second-order valence-corrected chi connectivity index (χ2v) is 10.8. The van der Waals surface area contributed by atoms with Crippen molar-refractivity contribution < 1.29 is 24.2 Å². The number of nitrogens with one attached hydrogen (secondary N) is 3. The number of aliphatic hydroxyl groups is 1. The van der Waals surface area contributed by atoms with Crippen LogP contribution in [0.15, 0.2) is 36.5 Å². The van der Waals surface area contributed by atoms with Crippen molar-refractivity contribution in [2.24, 2.45) is 5.92 Å². The normalized spacial score (nSPS) is 17.9. The lowest BCUT2D eigenvalue weighted by Crippen LogP contribution is -2.50. The van der Waals surface area contributed by atoms with Crippen LogP contribution in [0.5, 0.6) is 5.88 Å². The summed E-state index contributed by atoms with van der Waals surface area (Å²) in [6, 6.07) is 8.96. The Morgan fingerprint density at radius 3 is 2.21 bits per heavy atom. The Morgan fingerprint density at radius 2 is 1.67 bits per heavy atom. The maximum atomic E-state index is 13.8. The summed E-state index contributed by atoms with van der Waals surface area (Å²) in [6.45, 7) is 11.9. The maximum Gasteiger partial charge on any atom is 0.230 e. The van der Waals surface area contributed by atoms with Crippen molar-refractivity contribution in [2.75, 3.05) is 26.0 Å². The van der Waals surface area contributed by atoms with Gasteiger partial charge in [0.25, 0.3) is 0 Å². The zero-order valence-electron chi connectivity index (χ0n) is 26.8. The topological polar surface area (TPSA) is 130 Å². The fraction of sp³-hybridized carbons (Fsp3) is 0.562. The van der Waals surface area contributed by atoms with E-state index < -0.39 is 5.60 Å². The molecule has 1 aliphatic heterocycles. The molecular weight excluding hydrogens is 591 g/mol. The van der Waals surface area contributed by atoms with Gasteiger partial charge >= 0.3 is 0 Å². The Hall–Kier alpha value is -2.72. The van der Waals surface area contributed by atoms with Gasteiger partial charge in [0.1, 0.15) is 0 Å². The number of carbonyl (C=O) groups excluding carboxylic acids is 3. The zero-order valence-corrected chi connectivity index (χ0v) is 28.3. The highest BCUT2D eigenvalue weighted by molar-refractivity contribution is 6.31. The molecule has 1 saturated heterocycles. The molecule has 43 heavy (non-hydrogen) atoms. The molecule has 1 saturated carbocycles. The van der Waals surface area contributed by atoms with E-state index in [9.17, 15) is 9.59 Å². The third kappa shape index (κ3) is 12.1. The standard InChI is InChI=1S/C25H29Cl2N3O3.C2H5NO.2C2H6.CH4O/c1-24(2,15-31)33-23-19(12-17(27)13-28-23)20-14-29-25(9-4-3-5-10-25)21(20)22(32)30-18-8-6-7-16(26)11-18;1-3-2-4;3*1-2/h6-8,11-13,15,20-21,29H,3-5,9-10,14H2,1-2H3,(H,30,32);2H,1H3,(H,3,4);2*1-2H3;2H,1H3. The average Bonchev–Trinajstić information content (AvgIpc) is 3.39. The van der Waals surface area contributed by atoms with Gasteiger partial charge in [-0.3, -0.25) is 14.4 Å². The van der Waals surface area contributed by atoms with Crippen LogP contribution in [0.25, 0.3) is 0 Å². The number of nitrogens with zero attached hydrogens (tertiary/aromatic N) is 1. The van der Waals surface area contributed by atoms with Crippen LogP contribution in [0.2, 0.25) is 10.0 Å². The zero-order chi connectivity index (χ0) is 33.1. The smallest absolute Gasteiger partial charge is 0.230 e. The van der Waals surface area contributed by atoms with Crippen molar-refractivity contribution >= 4 is 47.5 Å². The van der Waals surface area contributed by atoms with E-state index in [2.05, 4.69) is 20.9 Å². The molecule has 1 spiro atoms. The van der Waals surface area contributed by atoms with Crippen molar-refractivity contribution in [3.63, 3.8) is 0 Å². The Labute approximate surface area is 267 Å². The van der Waals surface area contributed by atoms with Gasteiger partial charge in [0.05, 0.1) is 10.9 Å². The second-order valence-electron chi connectivity index (χ2n) is 9.96. The molecule has 11 heteroatoms. The van der Waals surface area contributed by atoms with Crippen LogP contribution < -0.4 is 20.7 Å². The van der Waals surface area contributed by atoms with E-state index in [1.54, 1.807) is 39.1 Å². The number of aldehydes is 1. The lowest BCUT2D eigenvalue weighted by molar-refractivity contribution is -0.122. The molecular formula is C32H50Cl2N4O5. The van der Waals surface area contributed by atoms with Gasteiger partial charge in [-0.1, -0.05) is 76.2 Å². The third-order valence-corrected chi connectivity index (χ3v) is 7.24. The first-order valence-corrected chi connectivity index (χ1v) is 15.6. The maximum absolute atomic E-state index is 13.8. The quantitative estimate of drug-likeness (QED) is 0.257. The Kier molecular flexibility index (Phi) is 19.7. The molecule has 2 aromatic rings. The average molecular weight is 642 g/mol. The van der Waals surface area contributed by atoms with E-state index in [-0.39, 0.29) is 23.3 Å². The predicted molar refractivity (Wildman–Crippen MR) is 176 cm³/mol. The van der Waals surface area contributed by atoms with Crippen molar-refractivity contribution in [1.29, 1.82) is 0 Å². The number of rotatable bonds is 7. The molecule has 2 atom stereocenters. The number of anilines is 1. The van der Waals surface area contributed by atoms with E-state index in [1.165, 1.54) is 6.20 Å². The fourth-order valence-electron chi connectivity index (χ4n) is 5.17. The summed E-state index contributed by atoms with van der Waals surface area (Å²) in [5.74, 6) is -0.323. The first kappa shape index (κ1) is 40.3. The highest BCUT2D eigenvalue weighted by Gasteiger charge is 2.53. The second kappa shape index (κ2) is 21.1. The molecule has 1 aliphatic carbocycles. The largest absolute Gasteiger partial charge is 0.464 e. The monoisotopic (exact) mass is 640 g/mol. The first-order valence-electron chi connectivity index (χ1n) is 14.8. The van der Waals surface area contributed by atoms with Crippen LogP contribution in [-0.4, -0.2) is 60.5 Å². The number of carbonyl (C=O) groups is 3. The summed E-state index contributed by atoms with van der Waals surface area (Å²) in [4.78, 5) is 38.7. The van der Waals surface area contributed by atoms with Gasteiger partial charge in [0, 0.05) is 54.6 Å². The van der Waals surface area contributed by atoms with Gasteiger partial charge in [-0.2, -0.15) is 0 Å². The predicted octanol–water partition coefficient (Wildman–Crippen LogP) is 6.41. The number of halogens is 2. The number of hydrogen-bond acceptors (Lipinski definition) is 7. The van der Waals surface area contributed by atoms with E-state index >= 15 is 0 Å². The van der Waals surface area contributed by atoms with Crippen molar-refractivity contribution in [3.8, 4) is 5.88 Å². The fourth-order valence-corrected chi connectivity index (χ4v) is 5.53. The van der Waals surface area contributed by atoms with E-state index in [0.717, 1.165) is 51.1 Å². The molecule has 4 rings (SSSR count). The number of benzene rings is 1. The summed E-state index contributed by atoms with van der Waals surface area (Å²) >= 11 is 12.5. The third-order valence-electron chi connectivity index (χ3n) is 6.80. The number of aliphatic hydroxyl groups excluding tert-OH is 1. The van der Waals surface area contributed by atoms with Gasteiger partial charge in [-0.25, -0.2) is 4.98 Å². The molecule has 242 valence electrons. The van der Waals surface area contributed by atoms with Crippen LogP contribution in [0, 0.1) is 5.92 Å². The number of pyridine rings is 1. The molecule has 2 aliphatic rings. The van der Waals surface area contributed by atoms with Crippen molar-refractivity contribution in [2.45, 2.75) is 90.7 Å². The number of hydrogen-bond donors (Lipinski definition) is 4. The minimum Gasteiger partial charge on any atom is -0.464 e. The summed E-state index contributed by atoms with van der Waals surface area (Å²) in [5.41, 5.74) is 0.0269. The minimum absolute atomic E-state index is 0.0743. The lowest BCUT2D eigenvalue weighted by Gasteiger charge is -2.39. The summed E-state index contributed by atoms with van der Waals surface area (Å²) in [5, 5.41) is 17.0. The van der Waals surface area contributed by atoms with Crippen LogP contribution >= 0.6 is 23.2 Å². The molecule has 9 nitrogen and oxygen atoms in total. The SMILES string of the molecule is CC.CC.CC(C)(C=O)Oc1ncc(Cl)cc1C1CNC2(CCCCC2)C1C(=O)Nc1cccc(Cl)c1.CNC=O.CO. The van der Waals surface area contributed by atoms with Gasteiger partial charge < -0.3 is 25.8 Å². The molecule has 1 aromatic heterocycles. The summed E-state index contributed by atoms with van der Waals surface area (Å²) in [6.07, 6.45) is 8.00. The van der Waals surface area contributed by atoms with Crippen LogP contribution in [-0.2, 0) is 14.4 Å². The van der Waals surface area contributed by atoms with Gasteiger partial charge in [-0.15, -0.1) is 0 Å². The number of amides is 2. The molecule has 2 fully saturated rings. The molecule has 0 bridgehead atoms. The summed E-state index contributed by atoms with van der Waals surface area (Å²) in [7, 11) is 2.56. The number of ether oxygens (including phenoxy) is 1. The van der Waals surface area contributed by atoms with Gasteiger partial charge in [-0.05, 0) is 51.0 Å².